The van der Waals surface area contributed by atoms with Crippen LogP contribution >= 0.6 is 0 Å². The van der Waals surface area contributed by atoms with Crippen LogP contribution < -0.4 is 15.3 Å². The molecule has 2 unspecified atom stereocenters. The monoisotopic (exact) mass is 476 g/mol. The van der Waals surface area contributed by atoms with Crippen molar-refractivity contribution in [3.63, 3.8) is 0 Å². The number of imide groups is 1. The van der Waals surface area contributed by atoms with E-state index in [2.05, 4.69) is 10.6 Å². The zero-order chi connectivity index (χ0) is 25.0. The van der Waals surface area contributed by atoms with Crippen LogP contribution in [0.4, 0.5) is 4.79 Å². The molecule has 182 valence electrons. The Morgan fingerprint density at radius 2 is 1.97 bits per heavy atom. The molecule has 2 heterocycles. The molecular formula is C20H25BN4O9. The minimum atomic E-state index is -1.57. The summed E-state index contributed by atoms with van der Waals surface area (Å²) >= 11 is 0. The number of aromatic carboxylic acids is 1. The van der Waals surface area contributed by atoms with E-state index < -0.39 is 55.4 Å². The van der Waals surface area contributed by atoms with Gasteiger partial charge in [-0.25, -0.2) is 9.59 Å². The van der Waals surface area contributed by atoms with Crippen molar-refractivity contribution >= 4 is 36.8 Å². The van der Waals surface area contributed by atoms with Gasteiger partial charge in [0, 0.05) is 26.2 Å². The number of rotatable bonds is 7. The second kappa shape index (κ2) is 10.5. The van der Waals surface area contributed by atoms with Gasteiger partial charge in [0.1, 0.15) is 11.8 Å². The van der Waals surface area contributed by atoms with Gasteiger partial charge in [0.05, 0.1) is 11.5 Å². The fourth-order valence-corrected chi connectivity index (χ4v) is 3.79. The highest BCUT2D eigenvalue weighted by atomic mass is 16.5. The standard InChI is InChI=1S/C20H25BN4O9/c1-2-24-7-8-25(18(29)17(24)28)20(32)22-13(6-9-26)16(27)23-14-10-11-4-3-5-12(19(30)31)15(11)34-21(14)33/h3-5,13-14,26,33H,2,6-10H2,1H3,(H,22,32)(H,23,27)(H,30,31). The van der Waals surface area contributed by atoms with Crippen molar-refractivity contribution in [2.24, 2.45) is 0 Å². The van der Waals surface area contributed by atoms with Gasteiger partial charge in [0.2, 0.25) is 5.91 Å². The number of urea groups is 1. The third-order valence-electron chi connectivity index (χ3n) is 5.64. The van der Waals surface area contributed by atoms with E-state index >= 15 is 0 Å². The normalized spacial score (nSPS) is 18.7. The number of aliphatic hydroxyl groups excluding tert-OH is 1. The van der Waals surface area contributed by atoms with Gasteiger partial charge in [-0.1, -0.05) is 12.1 Å². The Kier molecular flexibility index (Phi) is 7.73. The highest BCUT2D eigenvalue weighted by Crippen LogP contribution is 2.30. The Hall–Kier alpha value is -3.65. The number of hydrogen-bond acceptors (Lipinski definition) is 8. The predicted molar refractivity (Wildman–Crippen MR) is 116 cm³/mol. The van der Waals surface area contributed by atoms with E-state index in [1.807, 2.05) is 0 Å². The van der Waals surface area contributed by atoms with E-state index in [9.17, 15) is 39.2 Å². The van der Waals surface area contributed by atoms with Gasteiger partial charge in [-0.2, -0.15) is 0 Å². The number of para-hydroxylation sites is 1. The number of piperazine rings is 1. The van der Waals surface area contributed by atoms with E-state index in [0.717, 1.165) is 0 Å². The molecule has 1 fully saturated rings. The largest absolute Gasteiger partial charge is 0.547 e. The van der Waals surface area contributed by atoms with Crippen LogP contribution in [0.5, 0.6) is 5.75 Å². The number of hydrogen-bond donors (Lipinski definition) is 5. The average molecular weight is 476 g/mol. The zero-order valence-corrected chi connectivity index (χ0v) is 18.4. The fourth-order valence-electron chi connectivity index (χ4n) is 3.79. The summed E-state index contributed by atoms with van der Waals surface area (Å²) < 4.78 is 5.33. The molecule has 1 aromatic rings. The van der Waals surface area contributed by atoms with Crippen LogP contribution in [0, 0.1) is 0 Å². The Morgan fingerprint density at radius 1 is 1.24 bits per heavy atom. The van der Waals surface area contributed by atoms with Crippen LogP contribution in [0.25, 0.3) is 0 Å². The highest BCUT2D eigenvalue weighted by Gasteiger charge is 2.40. The predicted octanol–water partition coefficient (Wildman–Crippen LogP) is -2.02. The summed E-state index contributed by atoms with van der Waals surface area (Å²) in [7, 11) is -1.57. The van der Waals surface area contributed by atoms with Crippen molar-refractivity contribution in [1.82, 2.24) is 20.4 Å². The summed E-state index contributed by atoms with van der Waals surface area (Å²) in [5, 5.41) is 33.8. The van der Waals surface area contributed by atoms with E-state index in [1.54, 1.807) is 13.0 Å². The molecule has 5 N–H and O–H groups in total. The molecule has 14 heteroatoms. The first-order valence-electron chi connectivity index (χ1n) is 10.7. The van der Waals surface area contributed by atoms with Gasteiger partial charge in [-0.15, -0.1) is 0 Å². The van der Waals surface area contributed by atoms with Crippen molar-refractivity contribution in [3.05, 3.63) is 29.3 Å². The first kappa shape index (κ1) is 25.0. The van der Waals surface area contributed by atoms with Crippen LogP contribution in [0.1, 0.15) is 29.3 Å². The number of amides is 5. The van der Waals surface area contributed by atoms with Crippen LogP contribution in [-0.4, -0.2) is 100 Å². The van der Waals surface area contributed by atoms with E-state index in [-0.39, 0.29) is 37.2 Å². The molecule has 2 aliphatic heterocycles. The van der Waals surface area contributed by atoms with E-state index in [0.29, 0.717) is 17.0 Å². The minimum Gasteiger partial charge on any atom is -0.534 e. The van der Waals surface area contributed by atoms with E-state index in [4.69, 9.17) is 4.65 Å². The molecule has 5 amide bonds. The van der Waals surface area contributed by atoms with Crippen molar-refractivity contribution in [1.29, 1.82) is 0 Å². The number of carbonyl (C=O) groups is 5. The molecule has 1 saturated heterocycles. The number of benzene rings is 1. The first-order chi connectivity index (χ1) is 16.2. The summed E-state index contributed by atoms with van der Waals surface area (Å²) in [6.07, 6.45) is -0.146. The molecule has 0 radical (unpaired) electrons. The number of carbonyl (C=O) groups excluding carboxylic acids is 4. The van der Waals surface area contributed by atoms with Crippen LogP contribution in [0.15, 0.2) is 18.2 Å². The van der Waals surface area contributed by atoms with Gasteiger partial charge in [-0.05, 0) is 31.4 Å². The fraction of sp³-hybridized carbons (Fsp3) is 0.450. The second-order valence-corrected chi connectivity index (χ2v) is 7.78. The molecule has 1 aromatic carbocycles. The maximum absolute atomic E-state index is 12.8. The quantitative estimate of drug-likeness (QED) is 0.219. The lowest BCUT2D eigenvalue weighted by atomic mass is 9.72. The van der Waals surface area contributed by atoms with Gasteiger partial charge in [0.15, 0.2) is 0 Å². The van der Waals surface area contributed by atoms with Crippen molar-refractivity contribution < 1.29 is 43.9 Å². The summed E-state index contributed by atoms with van der Waals surface area (Å²) in [6, 6.07) is 2.20. The molecule has 0 bridgehead atoms. The van der Waals surface area contributed by atoms with Crippen LogP contribution in [0.2, 0.25) is 0 Å². The third-order valence-corrected chi connectivity index (χ3v) is 5.64. The zero-order valence-electron chi connectivity index (χ0n) is 18.4. The molecule has 2 aliphatic rings. The maximum Gasteiger partial charge on any atom is 0.547 e. The van der Waals surface area contributed by atoms with E-state index in [1.165, 1.54) is 17.0 Å². The van der Waals surface area contributed by atoms with Crippen LogP contribution in [-0.2, 0) is 20.8 Å². The second-order valence-electron chi connectivity index (χ2n) is 7.78. The topological polar surface area (TPSA) is 186 Å². The van der Waals surface area contributed by atoms with Gasteiger partial charge >= 0.3 is 30.9 Å². The van der Waals surface area contributed by atoms with Gasteiger partial charge in [0.25, 0.3) is 0 Å². The molecule has 13 nitrogen and oxygen atoms in total. The lowest BCUT2D eigenvalue weighted by molar-refractivity contribution is -0.153. The Balaban J connectivity index is 1.68. The molecule has 34 heavy (non-hydrogen) atoms. The molecular weight excluding hydrogens is 451 g/mol. The number of nitrogens with zero attached hydrogens (tertiary/aromatic N) is 2. The van der Waals surface area contributed by atoms with Crippen molar-refractivity contribution in [3.8, 4) is 5.75 Å². The number of carboxylic acids is 1. The minimum absolute atomic E-state index is 0.00242. The number of nitrogens with one attached hydrogen (secondary N) is 2. The number of aliphatic hydroxyl groups is 1. The van der Waals surface area contributed by atoms with Crippen molar-refractivity contribution in [2.45, 2.75) is 31.7 Å². The molecule has 0 spiro atoms. The molecule has 0 saturated carbocycles. The smallest absolute Gasteiger partial charge is 0.534 e. The van der Waals surface area contributed by atoms with Gasteiger partial charge in [-0.3, -0.25) is 19.3 Å². The Morgan fingerprint density at radius 3 is 2.62 bits per heavy atom. The molecule has 2 atom stereocenters. The summed E-state index contributed by atoms with van der Waals surface area (Å²) in [5.41, 5.74) is 0.324. The number of fused-ring (bicyclic) bond motifs is 1. The lowest BCUT2D eigenvalue weighted by Crippen LogP contribution is -2.62. The summed E-state index contributed by atoms with van der Waals surface area (Å²) in [4.78, 5) is 63.0. The summed E-state index contributed by atoms with van der Waals surface area (Å²) in [6.45, 7) is 1.67. The van der Waals surface area contributed by atoms with Gasteiger partial charge < -0.3 is 35.4 Å². The maximum atomic E-state index is 12.8. The number of likely N-dealkylation sites (N-methyl/N-ethyl adjacent to an activating group) is 1. The molecule has 0 aromatic heterocycles. The molecule has 3 rings (SSSR count). The average Bonchev–Trinajstić information content (AvgIpc) is 2.80. The Labute approximate surface area is 194 Å². The SMILES string of the molecule is CCN1CCN(C(=O)NC(CCO)C(=O)NC2Cc3cccc(C(=O)O)c3OB2O)C(=O)C1=O. The lowest BCUT2D eigenvalue weighted by Gasteiger charge is -2.33. The Bertz CT molecular complexity index is 1000. The first-order valence-corrected chi connectivity index (χ1v) is 10.7. The molecule has 0 aliphatic carbocycles. The van der Waals surface area contributed by atoms with Crippen LogP contribution in [0.3, 0.4) is 0 Å². The number of carboxylic acid groups (broad SMARTS) is 1. The van der Waals surface area contributed by atoms with Crippen molar-refractivity contribution in [2.75, 3.05) is 26.2 Å². The summed E-state index contributed by atoms with van der Waals surface area (Å²) in [5.74, 6) is -4.81. The highest BCUT2D eigenvalue weighted by molar-refractivity contribution is 6.47. The third kappa shape index (κ3) is 5.12.